The van der Waals surface area contributed by atoms with Crippen molar-refractivity contribution in [1.29, 1.82) is 0 Å². The molecular weight excluding hydrogens is 579 g/mol. The highest BCUT2D eigenvalue weighted by Crippen LogP contribution is 2.58. The first-order valence-corrected chi connectivity index (χ1v) is 16.6. The molecule has 1 heteroatoms. The van der Waals surface area contributed by atoms with Crippen LogP contribution in [-0.4, -0.2) is 4.98 Å². The standard InChI is InChI=1S/C47H29N/c1-4-14-30(15-5-1)42-37-20-10-11-21-38(37)43(31-16-6-2-7-17-31)46-41-27-26-34(36-23-13-25-40(44(36)41)45(42)46)33-22-12-24-39-35(33)28-29-48-47(39)32-18-8-3-9-19-32/h1-29H. The van der Waals surface area contributed by atoms with E-state index >= 15 is 0 Å². The van der Waals surface area contributed by atoms with Crippen molar-refractivity contribution >= 4 is 32.3 Å². The number of benzene rings is 8. The van der Waals surface area contributed by atoms with Crippen molar-refractivity contribution in [2.24, 2.45) is 0 Å². The molecule has 0 aliphatic heterocycles. The van der Waals surface area contributed by atoms with Crippen molar-refractivity contribution in [3.8, 4) is 66.9 Å². The van der Waals surface area contributed by atoms with Gasteiger partial charge in [0.15, 0.2) is 0 Å². The maximum atomic E-state index is 4.84. The largest absolute Gasteiger partial charge is 0.256 e. The van der Waals surface area contributed by atoms with Gasteiger partial charge >= 0.3 is 0 Å². The van der Waals surface area contributed by atoms with Crippen molar-refractivity contribution in [2.45, 2.75) is 0 Å². The minimum absolute atomic E-state index is 1.01. The quantitative estimate of drug-likeness (QED) is 0.194. The second-order valence-electron chi connectivity index (χ2n) is 12.6. The van der Waals surface area contributed by atoms with E-state index in [-0.39, 0.29) is 0 Å². The molecule has 9 aromatic rings. The van der Waals surface area contributed by atoms with Crippen molar-refractivity contribution < 1.29 is 0 Å². The zero-order valence-corrected chi connectivity index (χ0v) is 26.2. The van der Waals surface area contributed by atoms with Crippen LogP contribution in [-0.2, 0) is 0 Å². The summed E-state index contributed by atoms with van der Waals surface area (Å²) in [5, 5.41) is 7.53. The Kier molecular flexibility index (Phi) is 5.94. The van der Waals surface area contributed by atoms with Gasteiger partial charge in [0.1, 0.15) is 0 Å². The summed E-state index contributed by atoms with van der Waals surface area (Å²) in [6.07, 6.45) is 1.95. The van der Waals surface area contributed by atoms with Gasteiger partial charge in [0.05, 0.1) is 5.69 Å². The lowest BCUT2D eigenvalue weighted by atomic mass is 9.82. The highest BCUT2D eigenvalue weighted by atomic mass is 14.7. The van der Waals surface area contributed by atoms with E-state index in [1.54, 1.807) is 0 Å². The monoisotopic (exact) mass is 607 g/mol. The van der Waals surface area contributed by atoms with Gasteiger partial charge in [-0.3, -0.25) is 4.98 Å². The topological polar surface area (TPSA) is 12.9 Å². The first-order chi connectivity index (χ1) is 23.9. The summed E-state index contributed by atoms with van der Waals surface area (Å²) < 4.78 is 0. The lowest BCUT2D eigenvalue weighted by molar-refractivity contribution is 1.36. The molecule has 0 fully saturated rings. The van der Waals surface area contributed by atoms with E-state index in [1.165, 1.54) is 82.6 Å². The van der Waals surface area contributed by atoms with Gasteiger partial charge in [-0.2, -0.15) is 0 Å². The van der Waals surface area contributed by atoms with E-state index < -0.39 is 0 Å². The molecule has 0 saturated heterocycles. The Bertz CT molecular complexity index is 2600. The molecule has 1 heterocycles. The van der Waals surface area contributed by atoms with Crippen LogP contribution in [0.4, 0.5) is 0 Å². The lowest BCUT2D eigenvalue weighted by Crippen LogP contribution is -1.93. The number of hydrogen-bond acceptors (Lipinski definition) is 1. The molecule has 0 N–H and O–H groups in total. The fourth-order valence-corrected chi connectivity index (χ4v) is 8.11. The summed E-state index contributed by atoms with van der Waals surface area (Å²) in [5.74, 6) is 0. The SMILES string of the molecule is c1ccc(-c2nccc3c(-c4ccc5c6c(cccc46)-c4c-5c(-c5ccccc5)c5ccccc5c4-c4ccccc4)cccc23)cc1. The van der Waals surface area contributed by atoms with Crippen LogP contribution in [0.1, 0.15) is 0 Å². The number of rotatable bonds is 4. The highest BCUT2D eigenvalue weighted by Gasteiger charge is 2.31. The molecule has 8 aromatic carbocycles. The Hall–Kier alpha value is -6.31. The molecule has 1 aliphatic carbocycles. The molecule has 0 saturated carbocycles. The van der Waals surface area contributed by atoms with Crippen molar-refractivity contribution in [1.82, 2.24) is 4.98 Å². The van der Waals surface area contributed by atoms with Crippen LogP contribution >= 0.6 is 0 Å². The molecule has 0 spiro atoms. The predicted octanol–water partition coefficient (Wildman–Crippen LogP) is 12.9. The summed E-state index contributed by atoms with van der Waals surface area (Å²) in [6.45, 7) is 0. The molecule has 10 rings (SSSR count). The molecular formula is C47H29N. The first-order valence-electron chi connectivity index (χ1n) is 16.6. The number of fused-ring (bicyclic) bond motifs is 5. The minimum Gasteiger partial charge on any atom is -0.256 e. The number of hydrogen-bond donors (Lipinski definition) is 0. The Morgan fingerprint density at radius 2 is 0.729 bits per heavy atom. The summed E-state index contributed by atoms with van der Waals surface area (Å²) in [5.41, 5.74) is 14.9. The van der Waals surface area contributed by atoms with Crippen molar-refractivity contribution in [3.05, 3.63) is 176 Å². The van der Waals surface area contributed by atoms with Crippen molar-refractivity contribution in [2.75, 3.05) is 0 Å². The molecule has 48 heavy (non-hydrogen) atoms. The Balaban J connectivity index is 1.31. The summed E-state index contributed by atoms with van der Waals surface area (Å²) in [6, 6.07) is 61.7. The zero-order valence-electron chi connectivity index (χ0n) is 26.2. The van der Waals surface area contributed by atoms with Gasteiger partial charge in [0, 0.05) is 17.1 Å². The Labute approximate surface area is 279 Å². The first kappa shape index (κ1) is 26.9. The number of pyridine rings is 1. The normalized spacial score (nSPS) is 11.8. The fraction of sp³-hybridized carbons (Fsp3) is 0. The van der Waals surface area contributed by atoms with Gasteiger partial charge in [-0.1, -0.05) is 164 Å². The van der Waals surface area contributed by atoms with Crippen LogP contribution < -0.4 is 0 Å². The fourth-order valence-electron chi connectivity index (χ4n) is 8.11. The minimum atomic E-state index is 1.01. The van der Waals surface area contributed by atoms with Gasteiger partial charge in [0.2, 0.25) is 0 Å². The second-order valence-corrected chi connectivity index (χ2v) is 12.6. The van der Waals surface area contributed by atoms with Gasteiger partial charge in [-0.25, -0.2) is 0 Å². The molecule has 1 aliphatic rings. The zero-order chi connectivity index (χ0) is 31.6. The molecule has 1 nitrogen and oxygen atoms in total. The predicted molar refractivity (Wildman–Crippen MR) is 203 cm³/mol. The van der Waals surface area contributed by atoms with Gasteiger partial charge in [-0.05, 0) is 88.6 Å². The van der Waals surface area contributed by atoms with Gasteiger partial charge in [-0.15, -0.1) is 0 Å². The lowest BCUT2D eigenvalue weighted by Gasteiger charge is -2.20. The van der Waals surface area contributed by atoms with E-state index in [0.29, 0.717) is 0 Å². The Morgan fingerprint density at radius 1 is 0.271 bits per heavy atom. The molecule has 0 unspecified atom stereocenters. The van der Waals surface area contributed by atoms with Crippen LogP contribution in [0.15, 0.2) is 176 Å². The molecule has 1 aromatic heterocycles. The van der Waals surface area contributed by atoms with Crippen LogP contribution in [0.5, 0.6) is 0 Å². The van der Waals surface area contributed by atoms with E-state index in [9.17, 15) is 0 Å². The molecule has 222 valence electrons. The summed E-state index contributed by atoms with van der Waals surface area (Å²) >= 11 is 0. The Morgan fingerprint density at radius 3 is 1.35 bits per heavy atom. The van der Waals surface area contributed by atoms with Crippen molar-refractivity contribution in [3.63, 3.8) is 0 Å². The van der Waals surface area contributed by atoms with Crippen LogP contribution in [0, 0.1) is 0 Å². The number of aromatic nitrogens is 1. The average Bonchev–Trinajstić information content (AvgIpc) is 3.49. The maximum absolute atomic E-state index is 4.84. The summed E-state index contributed by atoms with van der Waals surface area (Å²) in [4.78, 5) is 4.84. The molecule has 0 amide bonds. The molecule has 0 atom stereocenters. The van der Waals surface area contributed by atoms with Gasteiger partial charge < -0.3 is 0 Å². The van der Waals surface area contributed by atoms with Crippen LogP contribution in [0.2, 0.25) is 0 Å². The number of nitrogens with zero attached hydrogens (tertiary/aromatic N) is 1. The third-order valence-electron chi connectivity index (χ3n) is 10.1. The molecule has 0 radical (unpaired) electrons. The third kappa shape index (κ3) is 3.88. The van der Waals surface area contributed by atoms with Crippen LogP contribution in [0.25, 0.3) is 99.2 Å². The smallest absolute Gasteiger partial charge is 0.0780 e. The van der Waals surface area contributed by atoms with E-state index in [4.69, 9.17) is 4.98 Å². The van der Waals surface area contributed by atoms with Crippen LogP contribution in [0.3, 0.4) is 0 Å². The summed E-state index contributed by atoms with van der Waals surface area (Å²) in [7, 11) is 0. The highest BCUT2D eigenvalue weighted by molar-refractivity contribution is 6.29. The third-order valence-corrected chi connectivity index (χ3v) is 10.1. The second kappa shape index (κ2) is 10.6. The maximum Gasteiger partial charge on any atom is 0.0780 e. The van der Waals surface area contributed by atoms with E-state index in [0.717, 1.165) is 16.6 Å². The van der Waals surface area contributed by atoms with E-state index in [1.807, 2.05) is 6.20 Å². The van der Waals surface area contributed by atoms with Gasteiger partial charge in [0.25, 0.3) is 0 Å². The molecule has 0 bridgehead atoms. The van der Waals surface area contributed by atoms with E-state index in [2.05, 4.69) is 170 Å². The average molecular weight is 608 g/mol.